The monoisotopic (exact) mass is 324 g/mol. The minimum atomic E-state index is -0.938. The summed E-state index contributed by atoms with van der Waals surface area (Å²) >= 11 is 0. The average molecular weight is 324 g/mol. The Balaban J connectivity index is 2.06. The molecule has 0 radical (unpaired) electrons. The van der Waals surface area contributed by atoms with Gasteiger partial charge >= 0.3 is 0 Å². The molecule has 0 unspecified atom stereocenters. The van der Waals surface area contributed by atoms with E-state index in [4.69, 9.17) is 9.94 Å². The van der Waals surface area contributed by atoms with Crippen LogP contribution in [-0.4, -0.2) is 21.2 Å². The van der Waals surface area contributed by atoms with E-state index in [1.807, 2.05) is 0 Å². The van der Waals surface area contributed by atoms with Gasteiger partial charge in [0.05, 0.1) is 13.2 Å². The molecule has 6 nitrogen and oxygen atoms in total. The standard InChI is InChI=1S/C15H14F2N2O4/c1-8-10(5-18-13(14(8)20)15(21)19-22)7-23-6-9-2-3-11(16)4-12(9)17/h2-5,20,22H,6-7H2,1H3,(H,19,21). The van der Waals surface area contributed by atoms with Crippen molar-refractivity contribution < 1.29 is 28.6 Å². The van der Waals surface area contributed by atoms with Gasteiger partial charge in [0.1, 0.15) is 17.4 Å². The zero-order valence-corrected chi connectivity index (χ0v) is 12.1. The molecule has 1 aromatic carbocycles. The number of pyridine rings is 1. The SMILES string of the molecule is Cc1c(COCc2ccc(F)cc2F)cnc(C(=O)NO)c1O. The highest BCUT2D eigenvalue weighted by atomic mass is 19.1. The fraction of sp³-hybridized carbons (Fsp3) is 0.200. The lowest BCUT2D eigenvalue weighted by Gasteiger charge is -2.11. The van der Waals surface area contributed by atoms with Gasteiger partial charge in [-0.2, -0.15) is 0 Å². The molecule has 1 amide bonds. The van der Waals surface area contributed by atoms with Crippen LogP contribution in [0.15, 0.2) is 24.4 Å². The Morgan fingerprint density at radius 3 is 2.65 bits per heavy atom. The van der Waals surface area contributed by atoms with E-state index in [1.54, 1.807) is 6.92 Å². The number of aromatic hydroxyl groups is 1. The Labute approximate surface area is 130 Å². The van der Waals surface area contributed by atoms with E-state index in [1.165, 1.54) is 17.7 Å². The molecular weight excluding hydrogens is 310 g/mol. The number of nitrogens with one attached hydrogen (secondary N) is 1. The van der Waals surface area contributed by atoms with Crippen molar-refractivity contribution in [3.63, 3.8) is 0 Å². The van der Waals surface area contributed by atoms with Gasteiger partial charge < -0.3 is 9.84 Å². The number of carbonyl (C=O) groups is 1. The summed E-state index contributed by atoms with van der Waals surface area (Å²) in [5.41, 5.74) is 2.08. The summed E-state index contributed by atoms with van der Waals surface area (Å²) < 4.78 is 31.6. The Bertz CT molecular complexity index is 738. The summed E-state index contributed by atoms with van der Waals surface area (Å²) in [6.07, 6.45) is 1.31. The number of rotatable bonds is 5. The minimum absolute atomic E-state index is 0.00420. The summed E-state index contributed by atoms with van der Waals surface area (Å²) in [5, 5.41) is 18.4. The van der Waals surface area contributed by atoms with Crippen molar-refractivity contribution in [2.45, 2.75) is 20.1 Å². The predicted octanol–water partition coefficient (Wildman–Crippen LogP) is 2.21. The van der Waals surface area contributed by atoms with E-state index >= 15 is 0 Å². The zero-order chi connectivity index (χ0) is 17.0. The maximum absolute atomic E-state index is 13.5. The molecule has 8 heteroatoms. The summed E-state index contributed by atoms with van der Waals surface area (Å²) in [6.45, 7) is 1.46. The molecule has 23 heavy (non-hydrogen) atoms. The lowest BCUT2D eigenvalue weighted by molar-refractivity contribution is 0.0696. The first-order valence-electron chi connectivity index (χ1n) is 6.57. The first-order chi connectivity index (χ1) is 10.9. The van der Waals surface area contributed by atoms with E-state index in [0.29, 0.717) is 11.1 Å². The van der Waals surface area contributed by atoms with Crippen LogP contribution in [0.5, 0.6) is 5.75 Å². The first kappa shape index (κ1) is 16.8. The molecule has 0 spiro atoms. The Morgan fingerprint density at radius 2 is 2.00 bits per heavy atom. The maximum atomic E-state index is 13.5. The van der Waals surface area contributed by atoms with Crippen LogP contribution in [0.1, 0.15) is 27.2 Å². The molecule has 2 rings (SSSR count). The molecule has 0 fully saturated rings. The molecule has 0 aliphatic heterocycles. The number of halogens is 2. The van der Waals surface area contributed by atoms with Crippen molar-refractivity contribution in [3.8, 4) is 5.75 Å². The van der Waals surface area contributed by atoms with Crippen LogP contribution in [0.2, 0.25) is 0 Å². The van der Waals surface area contributed by atoms with Crippen molar-refractivity contribution in [2.75, 3.05) is 0 Å². The topological polar surface area (TPSA) is 91.7 Å². The highest BCUT2D eigenvalue weighted by molar-refractivity contribution is 5.94. The highest BCUT2D eigenvalue weighted by Gasteiger charge is 2.16. The number of hydrogen-bond donors (Lipinski definition) is 3. The molecule has 1 heterocycles. The summed E-state index contributed by atoms with van der Waals surface area (Å²) in [7, 11) is 0. The van der Waals surface area contributed by atoms with Crippen LogP contribution < -0.4 is 5.48 Å². The fourth-order valence-electron chi connectivity index (χ4n) is 1.90. The zero-order valence-electron chi connectivity index (χ0n) is 12.1. The van der Waals surface area contributed by atoms with Crippen molar-refractivity contribution in [3.05, 3.63) is 58.4 Å². The van der Waals surface area contributed by atoms with Crippen LogP contribution >= 0.6 is 0 Å². The van der Waals surface area contributed by atoms with E-state index in [9.17, 15) is 18.7 Å². The highest BCUT2D eigenvalue weighted by Crippen LogP contribution is 2.24. The number of nitrogens with zero attached hydrogens (tertiary/aromatic N) is 1. The van der Waals surface area contributed by atoms with Gasteiger partial charge in [0.25, 0.3) is 5.91 Å². The van der Waals surface area contributed by atoms with Crippen LogP contribution in [0.25, 0.3) is 0 Å². The molecule has 3 N–H and O–H groups in total. The number of hydroxylamine groups is 1. The van der Waals surface area contributed by atoms with Gasteiger partial charge in [0.15, 0.2) is 5.69 Å². The minimum Gasteiger partial charge on any atom is -0.505 e. The number of carbonyl (C=O) groups excluding carboxylic acids is 1. The normalized spacial score (nSPS) is 10.6. The van der Waals surface area contributed by atoms with Gasteiger partial charge in [0.2, 0.25) is 0 Å². The first-order valence-corrected chi connectivity index (χ1v) is 6.57. The Morgan fingerprint density at radius 1 is 1.30 bits per heavy atom. The van der Waals surface area contributed by atoms with Gasteiger partial charge in [0, 0.05) is 29.0 Å². The van der Waals surface area contributed by atoms with Crippen LogP contribution in [0, 0.1) is 18.6 Å². The Kier molecular flexibility index (Phi) is 5.20. The van der Waals surface area contributed by atoms with Crippen molar-refractivity contribution in [1.29, 1.82) is 0 Å². The molecule has 0 aliphatic carbocycles. The molecule has 2 aromatic rings. The number of aromatic nitrogens is 1. The predicted molar refractivity (Wildman–Crippen MR) is 74.7 cm³/mol. The van der Waals surface area contributed by atoms with Crippen LogP contribution in [0.4, 0.5) is 8.78 Å². The largest absolute Gasteiger partial charge is 0.505 e. The van der Waals surface area contributed by atoms with Gasteiger partial charge in [-0.25, -0.2) is 19.2 Å². The summed E-state index contributed by atoms with van der Waals surface area (Å²) in [6, 6.07) is 3.17. The molecule has 122 valence electrons. The van der Waals surface area contributed by atoms with E-state index in [-0.39, 0.29) is 30.2 Å². The number of amides is 1. The second kappa shape index (κ2) is 7.12. The molecule has 0 saturated carbocycles. The summed E-state index contributed by atoms with van der Waals surface area (Å²) in [5.74, 6) is -2.70. The van der Waals surface area contributed by atoms with Gasteiger partial charge in [-0.15, -0.1) is 0 Å². The van der Waals surface area contributed by atoms with Gasteiger partial charge in [-0.3, -0.25) is 10.0 Å². The van der Waals surface area contributed by atoms with Crippen LogP contribution in [0.3, 0.4) is 0 Å². The second-order valence-electron chi connectivity index (χ2n) is 4.78. The summed E-state index contributed by atoms with van der Waals surface area (Å²) in [4.78, 5) is 15.0. The third kappa shape index (κ3) is 3.79. The third-order valence-corrected chi connectivity index (χ3v) is 3.26. The number of ether oxygens (including phenoxy) is 1. The molecule has 0 aliphatic rings. The van der Waals surface area contributed by atoms with Crippen molar-refractivity contribution >= 4 is 5.91 Å². The average Bonchev–Trinajstić information content (AvgIpc) is 2.53. The van der Waals surface area contributed by atoms with E-state index < -0.39 is 17.5 Å². The smallest absolute Gasteiger partial charge is 0.297 e. The van der Waals surface area contributed by atoms with Crippen LogP contribution in [-0.2, 0) is 18.0 Å². The second-order valence-corrected chi connectivity index (χ2v) is 4.78. The number of benzene rings is 1. The van der Waals surface area contributed by atoms with E-state index in [0.717, 1.165) is 12.1 Å². The van der Waals surface area contributed by atoms with Gasteiger partial charge in [-0.05, 0) is 13.0 Å². The molecular formula is C15H14F2N2O4. The van der Waals surface area contributed by atoms with Crippen molar-refractivity contribution in [2.24, 2.45) is 0 Å². The van der Waals surface area contributed by atoms with Gasteiger partial charge in [-0.1, -0.05) is 6.07 Å². The quantitative estimate of drug-likeness (QED) is 0.579. The fourth-order valence-corrected chi connectivity index (χ4v) is 1.90. The molecule has 0 bridgehead atoms. The number of hydrogen-bond acceptors (Lipinski definition) is 5. The lowest BCUT2D eigenvalue weighted by Crippen LogP contribution is -2.20. The maximum Gasteiger partial charge on any atom is 0.297 e. The molecule has 1 aromatic heterocycles. The molecule has 0 saturated heterocycles. The molecule has 0 atom stereocenters. The third-order valence-electron chi connectivity index (χ3n) is 3.26. The van der Waals surface area contributed by atoms with E-state index in [2.05, 4.69) is 4.98 Å². The lowest BCUT2D eigenvalue weighted by atomic mass is 10.1. The Hall–Kier alpha value is -2.58. The van der Waals surface area contributed by atoms with Crippen molar-refractivity contribution in [1.82, 2.24) is 10.5 Å².